The summed E-state index contributed by atoms with van der Waals surface area (Å²) in [6.45, 7) is 5.99. The average Bonchev–Trinajstić information content (AvgIpc) is 2.41. The van der Waals surface area contributed by atoms with E-state index in [0.717, 1.165) is 31.6 Å². The van der Waals surface area contributed by atoms with Crippen LogP contribution in [0.4, 0.5) is 14.5 Å². The van der Waals surface area contributed by atoms with E-state index in [4.69, 9.17) is 0 Å². The fourth-order valence-electron chi connectivity index (χ4n) is 2.48. The number of benzene rings is 1. The number of nitrogens with one attached hydrogen (secondary N) is 1. The molecule has 0 amide bonds. The lowest BCUT2D eigenvalue weighted by atomic mass is 10.0. The Morgan fingerprint density at radius 2 is 2.00 bits per heavy atom. The first-order chi connectivity index (χ1) is 8.65. The Labute approximate surface area is 107 Å². The van der Waals surface area contributed by atoms with Gasteiger partial charge in [0.1, 0.15) is 0 Å². The quantitative estimate of drug-likeness (QED) is 0.892. The van der Waals surface area contributed by atoms with Crippen molar-refractivity contribution in [2.75, 3.05) is 18.0 Å². The van der Waals surface area contributed by atoms with Crippen molar-refractivity contribution in [3.63, 3.8) is 0 Å². The fourth-order valence-corrected chi connectivity index (χ4v) is 2.48. The standard InChI is InChI=1S/C14H20F2N2/c1-3-10-9-18(11(4-2)8-17-10)12-5-6-13(15)14(16)7-12/h5-7,10-11,17H,3-4,8-9H2,1-2H3. The minimum absolute atomic E-state index is 0.345. The van der Waals surface area contributed by atoms with Gasteiger partial charge in [-0.3, -0.25) is 0 Å². The molecule has 4 heteroatoms. The van der Waals surface area contributed by atoms with Crippen molar-refractivity contribution < 1.29 is 8.78 Å². The van der Waals surface area contributed by atoms with Gasteiger partial charge in [-0.2, -0.15) is 0 Å². The molecule has 2 atom stereocenters. The summed E-state index contributed by atoms with van der Waals surface area (Å²) in [6, 6.07) is 4.94. The maximum absolute atomic E-state index is 13.3. The summed E-state index contributed by atoms with van der Waals surface area (Å²) in [5, 5.41) is 3.49. The molecule has 100 valence electrons. The summed E-state index contributed by atoms with van der Waals surface area (Å²) in [5.74, 6) is -1.55. The minimum Gasteiger partial charge on any atom is -0.366 e. The van der Waals surface area contributed by atoms with Crippen molar-refractivity contribution in [2.45, 2.75) is 38.8 Å². The molecule has 2 unspecified atom stereocenters. The van der Waals surface area contributed by atoms with Gasteiger partial charge in [-0.25, -0.2) is 8.78 Å². The molecule has 1 aromatic carbocycles. The van der Waals surface area contributed by atoms with E-state index in [0.29, 0.717) is 12.1 Å². The molecule has 1 fully saturated rings. The van der Waals surface area contributed by atoms with Crippen molar-refractivity contribution in [1.29, 1.82) is 0 Å². The van der Waals surface area contributed by atoms with Crippen LogP contribution in [0, 0.1) is 11.6 Å². The maximum Gasteiger partial charge on any atom is 0.160 e. The molecule has 1 N–H and O–H groups in total. The second-order valence-corrected chi connectivity index (χ2v) is 4.83. The zero-order valence-electron chi connectivity index (χ0n) is 10.9. The molecule has 1 aromatic rings. The van der Waals surface area contributed by atoms with Crippen LogP contribution in [0.2, 0.25) is 0 Å². The minimum atomic E-state index is -0.783. The number of nitrogens with zero attached hydrogens (tertiary/aromatic N) is 1. The van der Waals surface area contributed by atoms with Gasteiger partial charge in [0.25, 0.3) is 0 Å². The van der Waals surface area contributed by atoms with Crippen LogP contribution in [0.3, 0.4) is 0 Å². The molecule has 0 aliphatic carbocycles. The third-order valence-corrected chi connectivity index (χ3v) is 3.70. The third kappa shape index (κ3) is 2.64. The van der Waals surface area contributed by atoms with E-state index in [2.05, 4.69) is 24.1 Å². The number of piperazine rings is 1. The first-order valence-corrected chi connectivity index (χ1v) is 6.60. The van der Waals surface area contributed by atoms with E-state index in [1.54, 1.807) is 6.07 Å². The largest absolute Gasteiger partial charge is 0.366 e. The normalized spacial score (nSPS) is 24.3. The highest BCUT2D eigenvalue weighted by molar-refractivity contribution is 5.48. The lowest BCUT2D eigenvalue weighted by molar-refractivity contribution is 0.378. The SMILES string of the molecule is CCC1CN(c2ccc(F)c(F)c2)C(CC)CN1. The molecule has 1 aliphatic heterocycles. The highest BCUT2D eigenvalue weighted by Gasteiger charge is 2.26. The van der Waals surface area contributed by atoms with Crippen LogP contribution in [-0.2, 0) is 0 Å². The zero-order valence-corrected chi connectivity index (χ0v) is 10.9. The highest BCUT2D eigenvalue weighted by Crippen LogP contribution is 2.24. The predicted octanol–water partition coefficient (Wildman–Crippen LogP) is 2.93. The van der Waals surface area contributed by atoms with Gasteiger partial charge in [-0.05, 0) is 25.0 Å². The van der Waals surface area contributed by atoms with Crippen molar-refractivity contribution in [2.24, 2.45) is 0 Å². The molecular weight excluding hydrogens is 234 g/mol. The van der Waals surface area contributed by atoms with Gasteiger partial charge in [0, 0.05) is 36.9 Å². The monoisotopic (exact) mass is 254 g/mol. The van der Waals surface area contributed by atoms with Crippen LogP contribution >= 0.6 is 0 Å². The van der Waals surface area contributed by atoms with Crippen molar-refractivity contribution >= 4 is 5.69 Å². The Morgan fingerprint density at radius 3 is 2.61 bits per heavy atom. The Kier molecular flexibility index (Phi) is 4.17. The third-order valence-electron chi connectivity index (χ3n) is 3.70. The van der Waals surface area contributed by atoms with Crippen LogP contribution in [0.15, 0.2) is 18.2 Å². The molecule has 0 aromatic heterocycles. The fraction of sp³-hybridized carbons (Fsp3) is 0.571. The number of anilines is 1. The molecule has 1 saturated heterocycles. The maximum atomic E-state index is 13.3. The molecule has 18 heavy (non-hydrogen) atoms. The lowest BCUT2D eigenvalue weighted by Gasteiger charge is -2.41. The van der Waals surface area contributed by atoms with Gasteiger partial charge in [0.2, 0.25) is 0 Å². The van der Waals surface area contributed by atoms with Gasteiger partial charge in [-0.1, -0.05) is 13.8 Å². The van der Waals surface area contributed by atoms with Crippen molar-refractivity contribution in [3.8, 4) is 0 Å². The van der Waals surface area contributed by atoms with E-state index >= 15 is 0 Å². The van der Waals surface area contributed by atoms with Crippen LogP contribution in [0.5, 0.6) is 0 Å². The van der Waals surface area contributed by atoms with Gasteiger partial charge >= 0.3 is 0 Å². The van der Waals surface area contributed by atoms with Gasteiger partial charge in [0.05, 0.1) is 0 Å². The topological polar surface area (TPSA) is 15.3 Å². The smallest absolute Gasteiger partial charge is 0.160 e. The van der Waals surface area contributed by atoms with Gasteiger partial charge < -0.3 is 10.2 Å². The highest BCUT2D eigenvalue weighted by atomic mass is 19.2. The molecule has 0 spiro atoms. The molecule has 1 aliphatic rings. The molecule has 2 rings (SSSR count). The van der Waals surface area contributed by atoms with Crippen LogP contribution in [0.25, 0.3) is 0 Å². The number of rotatable bonds is 3. The first kappa shape index (κ1) is 13.3. The summed E-state index contributed by atoms with van der Waals surface area (Å²) in [5.41, 5.74) is 0.778. The number of halogens is 2. The van der Waals surface area contributed by atoms with E-state index in [-0.39, 0.29) is 0 Å². The summed E-state index contributed by atoms with van der Waals surface area (Å²) >= 11 is 0. The molecule has 0 saturated carbocycles. The van der Waals surface area contributed by atoms with E-state index in [1.165, 1.54) is 12.1 Å². The predicted molar refractivity (Wildman–Crippen MR) is 69.9 cm³/mol. The lowest BCUT2D eigenvalue weighted by Crippen LogP contribution is -2.56. The molecule has 0 radical (unpaired) electrons. The average molecular weight is 254 g/mol. The summed E-state index contributed by atoms with van der Waals surface area (Å²) in [4.78, 5) is 2.19. The molecule has 1 heterocycles. The summed E-state index contributed by atoms with van der Waals surface area (Å²) in [6.07, 6.45) is 2.03. The molecule has 2 nitrogen and oxygen atoms in total. The van der Waals surface area contributed by atoms with E-state index < -0.39 is 11.6 Å². The van der Waals surface area contributed by atoms with Crippen LogP contribution in [-0.4, -0.2) is 25.2 Å². The first-order valence-electron chi connectivity index (χ1n) is 6.60. The number of hydrogen-bond acceptors (Lipinski definition) is 2. The van der Waals surface area contributed by atoms with E-state index in [1.807, 2.05) is 0 Å². The second-order valence-electron chi connectivity index (χ2n) is 4.83. The number of hydrogen-bond donors (Lipinski definition) is 1. The van der Waals surface area contributed by atoms with E-state index in [9.17, 15) is 8.78 Å². The van der Waals surface area contributed by atoms with Crippen LogP contribution < -0.4 is 10.2 Å². The van der Waals surface area contributed by atoms with Crippen LogP contribution in [0.1, 0.15) is 26.7 Å². The summed E-state index contributed by atoms with van der Waals surface area (Å²) < 4.78 is 26.3. The van der Waals surface area contributed by atoms with Crippen molar-refractivity contribution in [3.05, 3.63) is 29.8 Å². The zero-order chi connectivity index (χ0) is 13.1. The molecular formula is C14H20F2N2. The van der Waals surface area contributed by atoms with Crippen molar-refractivity contribution in [1.82, 2.24) is 5.32 Å². The Balaban J connectivity index is 2.23. The molecule has 0 bridgehead atoms. The van der Waals surface area contributed by atoms with Gasteiger partial charge in [0.15, 0.2) is 11.6 Å². The second kappa shape index (κ2) is 5.65. The summed E-state index contributed by atoms with van der Waals surface area (Å²) in [7, 11) is 0. The Hall–Kier alpha value is -1.16. The Bertz CT molecular complexity index is 409. The van der Waals surface area contributed by atoms with Gasteiger partial charge in [-0.15, -0.1) is 0 Å². The Morgan fingerprint density at radius 1 is 1.22 bits per heavy atom.